The fourth-order valence-electron chi connectivity index (χ4n) is 3.25. The molecule has 1 atom stereocenters. The first-order valence-corrected chi connectivity index (χ1v) is 7.61. The maximum absolute atomic E-state index is 11.2. The first kappa shape index (κ1) is 15.9. The van der Waals surface area contributed by atoms with Gasteiger partial charge < -0.3 is 10.6 Å². The molecule has 2 N–H and O–H groups in total. The van der Waals surface area contributed by atoms with Crippen molar-refractivity contribution in [3.05, 3.63) is 38.9 Å². The van der Waals surface area contributed by atoms with Gasteiger partial charge in [0.15, 0.2) is 0 Å². The molecular formula is C16H25N3O2. The highest BCUT2D eigenvalue weighted by molar-refractivity contribution is 5.48. The average molecular weight is 291 g/mol. The van der Waals surface area contributed by atoms with Crippen molar-refractivity contribution in [1.82, 2.24) is 4.90 Å². The van der Waals surface area contributed by atoms with Gasteiger partial charge in [-0.05, 0) is 55.0 Å². The lowest BCUT2D eigenvalue weighted by atomic mass is 9.83. The van der Waals surface area contributed by atoms with Crippen molar-refractivity contribution in [1.29, 1.82) is 0 Å². The lowest BCUT2D eigenvalue weighted by Gasteiger charge is -2.29. The third-order valence-corrected chi connectivity index (χ3v) is 4.24. The summed E-state index contributed by atoms with van der Waals surface area (Å²) in [5.74, 6) is 0.738. The summed E-state index contributed by atoms with van der Waals surface area (Å²) in [6.07, 6.45) is 1.92. The SMILES string of the molecule is CC(C)CC(CN)c1cc([N+](=O)[O-])cc2c1CCN(C)C2. The van der Waals surface area contributed by atoms with E-state index >= 15 is 0 Å². The molecule has 5 heteroatoms. The number of benzene rings is 1. The minimum atomic E-state index is -0.290. The number of hydrogen-bond acceptors (Lipinski definition) is 4. The van der Waals surface area contributed by atoms with Crippen LogP contribution >= 0.6 is 0 Å². The highest BCUT2D eigenvalue weighted by Crippen LogP contribution is 2.34. The Morgan fingerprint density at radius 1 is 1.43 bits per heavy atom. The number of non-ortho nitro benzene ring substituents is 1. The van der Waals surface area contributed by atoms with Crippen LogP contribution in [0.15, 0.2) is 12.1 Å². The van der Waals surface area contributed by atoms with Crippen molar-refractivity contribution in [2.24, 2.45) is 11.7 Å². The Hall–Kier alpha value is -1.46. The van der Waals surface area contributed by atoms with E-state index < -0.39 is 0 Å². The number of likely N-dealkylation sites (N-methyl/N-ethyl adjacent to an activating group) is 1. The van der Waals surface area contributed by atoms with Gasteiger partial charge >= 0.3 is 0 Å². The van der Waals surface area contributed by atoms with Gasteiger partial charge in [0.1, 0.15) is 0 Å². The largest absolute Gasteiger partial charge is 0.330 e. The summed E-state index contributed by atoms with van der Waals surface area (Å²) >= 11 is 0. The van der Waals surface area contributed by atoms with Gasteiger partial charge in [-0.1, -0.05) is 13.8 Å². The van der Waals surface area contributed by atoms with Crippen LogP contribution in [0.1, 0.15) is 42.9 Å². The summed E-state index contributed by atoms with van der Waals surface area (Å²) in [6.45, 7) is 6.65. The summed E-state index contributed by atoms with van der Waals surface area (Å²) < 4.78 is 0. The van der Waals surface area contributed by atoms with Gasteiger partial charge in [0, 0.05) is 25.2 Å². The van der Waals surface area contributed by atoms with Crippen LogP contribution in [0.5, 0.6) is 0 Å². The number of rotatable bonds is 5. The Labute approximate surface area is 126 Å². The topological polar surface area (TPSA) is 72.4 Å². The number of nitrogens with zero attached hydrogens (tertiary/aromatic N) is 2. The van der Waals surface area contributed by atoms with Crippen LogP contribution in [0.2, 0.25) is 0 Å². The van der Waals surface area contributed by atoms with Gasteiger partial charge in [0.25, 0.3) is 5.69 Å². The van der Waals surface area contributed by atoms with Gasteiger partial charge in [0.05, 0.1) is 4.92 Å². The third-order valence-electron chi connectivity index (χ3n) is 4.24. The van der Waals surface area contributed by atoms with Crippen LogP contribution in [0, 0.1) is 16.0 Å². The monoisotopic (exact) mass is 291 g/mol. The molecule has 1 unspecified atom stereocenters. The van der Waals surface area contributed by atoms with Crippen LogP contribution in [-0.2, 0) is 13.0 Å². The van der Waals surface area contributed by atoms with Crippen molar-refractivity contribution in [3.8, 4) is 0 Å². The molecule has 0 saturated heterocycles. The molecular weight excluding hydrogens is 266 g/mol. The highest BCUT2D eigenvalue weighted by atomic mass is 16.6. The molecule has 0 saturated carbocycles. The number of fused-ring (bicyclic) bond motifs is 1. The minimum absolute atomic E-state index is 0.196. The van der Waals surface area contributed by atoms with Gasteiger partial charge in [-0.2, -0.15) is 0 Å². The van der Waals surface area contributed by atoms with Crippen molar-refractivity contribution in [3.63, 3.8) is 0 Å². The molecule has 1 aliphatic heterocycles. The average Bonchev–Trinajstić information content (AvgIpc) is 2.42. The normalized spacial score (nSPS) is 16.8. The Morgan fingerprint density at radius 2 is 2.14 bits per heavy atom. The summed E-state index contributed by atoms with van der Waals surface area (Å²) in [5.41, 5.74) is 9.64. The predicted octanol–water partition coefficient (Wildman–Crippen LogP) is 2.67. The maximum Gasteiger partial charge on any atom is 0.270 e. The first-order chi connectivity index (χ1) is 9.92. The molecule has 0 radical (unpaired) electrons. The zero-order valence-electron chi connectivity index (χ0n) is 13.1. The van der Waals surface area contributed by atoms with Crippen molar-refractivity contribution < 1.29 is 4.92 Å². The van der Waals surface area contributed by atoms with Crippen LogP contribution in [0.25, 0.3) is 0 Å². The van der Waals surface area contributed by atoms with Gasteiger partial charge in [0.2, 0.25) is 0 Å². The molecule has 0 bridgehead atoms. The quantitative estimate of drug-likeness (QED) is 0.668. The zero-order chi connectivity index (χ0) is 15.6. The molecule has 2 rings (SSSR count). The number of nitrogens with two attached hydrogens (primary N) is 1. The summed E-state index contributed by atoms with van der Waals surface area (Å²) in [5, 5.41) is 11.2. The molecule has 1 heterocycles. The molecule has 1 aliphatic rings. The van der Waals surface area contributed by atoms with E-state index in [0.29, 0.717) is 12.5 Å². The molecule has 21 heavy (non-hydrogen) atoms. The number of hydrogen-bond donors (Lipinski definition) is 1. The van der Waals surface area contributed by atoms with E-state index in [4.69, 9.17) is 5.73 Å². The Bertz CT molecular complexity index is 528. The molecule has 0 spiro atoms. The lowest BCUT2D eigenvalue weighted by Crippen LogP contribution is -2.28. The maximum atomic E-state index is 11.2. The molecule has 0 aromatic heterocycles. The third kappa shape index (κ3) is 3.60. The number of nitro benzene ring substituents is 1. The van der Waals surface area contributed by atoms with Crippen LogP contribution in [0.4, 0.5) is 5.69 Å². The Morgan fingerprint density at radius 3 is 2.71 bits per heavy atom. The van der Waals surface area contributed by atoms with Gasteiger partial charge in [-0.3, -0.25) is 10.1 Å². The second-order valence-corrected chi connectivity index (χ2v) is 6.48. The predicted molar refractivity (Wildman–Crippen MR) is 84.4 cm³/mol. The highest BCUT2D eigenvalue weighted by Gasteiger charge is 2.25. The van der Waals surface area contributed by atoms with Crippen LogP contribution in [-0.4, -0.2) is 30.0 Å². The zero-order valence-corrected chi connectivity index (χ0v) is 13.1. The fourth-order valence-corrected chi connectivity index (χ4v) is 3.25. The van der Waals surface area contributed by atoms with Gasteiger partial charge in [-0.15, -0.1) is 0 Å². The van der Waals surface area contributed by atoms with E-state index in [1.165, 1.54) is 5.56 Å². The molecule has 116 valence electrons. The minimum Gasteiger partial charge on any atom is -0.330 e. The second-order valence-electron chi connectivity index (χ2n) is 6.48. The molecule has 1 aromatic carbocycles. The van der Waals surface area contributed by atoms with E-state index in [0.717, 1.165) is 37.1 Å². The second kappa shape index (κ2) is 6.54. The van der Waals surface area contributed by atoms with E-state index in [1.807, 2.05) is 0 Å². The standard InChI is InChI=1S/C16H25N3O2/c1-11(2)6-12(9-17)16-8-14(19(20)21)7-13-10-18(3)5-4-15(13)16/h7-8,11-12H,4-6,9-10,17H2,1-3H3. The van der Waals surface area contributed by atoms with Crippen molar-refractivity contribution in [2.45, 2.75) is 39.2 Å². The van der Waals surface area contributed by atoms with Crippen LogP contribution < -0.4 is 5.73 Å². The summed E-state index contributed by atoms with van der Waals surface area (Å²) in [7, 11) is 2.05. The number of nitro groups is 1. The van der Waals surface area contributed by atoms with Gasteiger partial charge in [-0.25, -0.2) is 0 Å². The Kier molecular flexibility index (Phi) is 4.96. The van der Waals surface area contributed by atoms with E-state index in [9.17, 15) is 10.1 Å². The fraction of sp³-hybridized carbons (Fsp3) is 0.625. The van der Waals surface area contributed by atoms with Crippen molar-refractivity contribution >= 4 is 5.69 Å². The summed E-state index contributed by atoms with van der Waals surface area (Å²) in [6, 6.07) is 3.49. The van der Waals surface area contributed by atoms with Crippen molar-refractivity contribution in [2.75, 3.05) is 20.1 Å². The summed E-state index contributed by atoms with van der Waals surface area (Å²) in [4.78, 5) is 13.1. The first-order valence-electron chi connectivity index (χ1n) is 7.61. The van der Waals surface area contributed by atoms with E-state index in [2.05, 4.69) is 25.8 Å². The molecule has 0 fully saturated rings. The van der Waals surface area contributed by atoms with E-state index in [-0.39, 0.29) is 16.5 Å². The van der Waals surface area contributed by atoms with E-state index in [1.54, 1.807) is 12.1 Å². The smallest absolute Gasteiger partial charge is 0.270 e. The molecule has 0 amide bonds. The molecule has 5 nitrogen and oxygen atoms in total. The van der Waals surface area contributed by atoms with Crippen LogP contribution in [0.3, 0.4) is 0 Å². The Balaban J connectivity index is 2.49. The lowest BCUT2D eigenvalue weighted by molar-refractivity contribution is -0.385. The molecule has 0 aliphatic carbocycles. The molecule has 1 aromatic rings.